The van der Waals surface area contributed by atoms with Gasteiger partial charge in [0.2, 0.25) is 5.91 Å². The smallest absolute Gasteiger partial charge is 0.251 e. The number of ether oxygens (including phenoxy) is 1. The van der Waals surface area contributed by atoms with Crippen LogP contribution in [0.3, 0.4) is 0 Å². The lowest BCUT2D eigenvalue weighted by molar-refractivity contribution is -0.141. The van der Waals surface area contributed by atoms with Crippen molar-refractivity contribution < 1.29 is 9.53 Å². The highest BCUT2D eigenvalue weighted by Gasteiger charge is 2.45. The van der Waals surface area contributed by atoms with E-state index in [1.807, 2.05) is 29.3 Å². The van der Waals surface area contributed by atoms with E-state index in [0.29, 0.717) is 32.8 Å². The topological polar surface area (TPSA) is 85.0 Å². The summed E-state index contributed by atoms with van der Waals surface area (Å²) in [5.74, 6) is 1.12. The Morgan fingerprint density at radius 2 is 1.97 bits per heavy atom. The second kappa shape index (κ2) is 7.19. The third kappa shape index (κ3) is 3.03. The third-order valence-electron chi connectivity index (χ3n) is 6.79. The Morgan fingerprint density at radius 3 is 2.84 bits per heavy atom. The van der Waals surface area contributed by atoms with Crippen LogP contribution in [0.15, 0.2) is 47.5 Å². The number of nitrogens with zero attached hydrogens (tertiary/aromatic N) is 6. The zero-order valence-corrected chi connectivity index (χ0v) is 17.1. The summed E-state index contributed by atoms with van der Waals surface area (Å²) in [5, 5.41) is 4.72. The second-order valence-electron chi connectivity index (χ2n) is 8.56. The van der Waals surface area contributed by atoms with Crippen molar-refractivity contribution in [1.82, 2.24) is 24.1 Å². The number of fused-ring (bicyclic) bond motifs is 5. The van der Waals surface area contributed by atoms with Gasteiger partial charge in [0.05, 0.1) is 13.2 Å². The van der Waals surface area contributed by atoms with Gasteiger partial charge in [0.15, 0.2) is 5.65 Å². The van der Waals surface area contributed by atoms with Crippen LogP contribution in [0, 0.1) is 5.92 Å². The molecule has 160 valence electrons. The molecule has 0 radical (unpaired) electrons. The molecule has 31 heavy (non-hydrogen) atoms. The van der Waals surface area contributed by atoms with Gasteiger partial charge < -0.3 is 14.5 Å². The summed E-state index contributed by atoms with van der Waals surface area (Å²) in [4.78, 5) is 34.9. The van der Waals surface area contributed by atoms with Crippen molar-refractivity contribution in [3.63, 3.8) is 0 Å². The fraction of sp³-hybridized carbons (Fsp3) is 0.455. The minimum atomic E-state index is -0.488. The molecule has 2 fully saturated rings. The van der Waals surface area contributed by atoms with Gasteiger partial charge in [-0.3, -0.25) is 14.2 Å². The van der Waals surface area contributed by atoms with Gasteiger partial charge in [-0.2, -0.15) is 0 Å². The number of aromatic nitrogens is 4. The molecule has 9 nitrogen and oxygen atoms in total. The summed E-state index contributed by atoms with van der Waals surface area (Å²) in [6.07, 6.45) is 4.47. The maximum Gasteiger partial charge on any atom is 0.251 e. The zero-order chi connectivity index (χ0) is 20.9. The number of pyridine rings is 1. The molecule has 3 aromatic rings. The molecule has 2 bridgehead atoms. The fourth-order valence-electron chi connectivity index (χ4n) is 5.38. The van der Waals surface area contributed by atoms with Crippen molar-refractivity contribution in [2.45, 2.75) is 18.4 Å². The average molecular weight is 420 g/mol. The largest absolute Gasteiger partial charge is 0.378 e. The first-order valence-electron chi connectivity index (χ1n) is 10.8. The van der Waals surface area contributed by atoms with Crippen LogP contribution in [0.4, 0.5) is 5.82 Å². The number of carbonyl (C=O) groups is 1. The first-order chi connectivity index (χ1) is 15.2. The molecule has 1 amide bonds. The lowest BCUT2D eigenvalue weighted by Gasteiger charge is -2.47. The molecule has 0 aliphatic carbocycles. The summed E-state index contributed by atoms with van der Waals surface area (Å²) in [5.41, 5.74) is 1.66. The average Bonchev–Trinajstić information content (AvgIpc) is 3.28. The normalized spacial score (nSPS) is 25.5. The van der Waals surface area contributed by atoms with Crippen molar-refractivity contribution in [1.29, 1.82) is 0 Å². The molecule has 3 aliphatic heterocycles. The molecule has 6 rings (SSSR count). The Labute approximate surface area is 178 Å². The standard InChI is InChI=1S/C22H24N6O3/c29-20-3-1-2-17-15-12-16(21(28(17)20)22(30)25-8-10-31-11-9-25)14-26(13-15)19-5-4-18-23-6-7-27(18)24-19/h1-7,15-16,21H,8-14H2/t15-,16+,21+/m0/s1. The SMILES string of the molecule is O=C([C@H]1[C@@H]2C[C@@H](CN(c3ccc4nccn4n3)C2)c2cccc(=O)n21)N1CCOCC1. The summed E-state index contributed by atoms with van der Waals surface area (Å²) < 4.78 is 8.97. The Morgan fingerprint density at radius 1 is 1.10 bits per heavy atom. The lowest BCUT2D eigenvalue weighted by atomic mass is 9.78. The summed E-state index contributed by atoms with van der Waals surface area (Å²) in [7, 11) is 0. The number of rotatable bonds is 2. The van der Waals surface area contributed by atoms with Crippen LogP contribution in [0.2, 0.25) is 0 Å². The van der Waals surface area contributed by atoms with Crippen molar-refractivity contribution in [2.75, 3.05) is 44.3 Å². The number of imidazole rings is 1. The molecular formula is C22H24N6O3. The molecule has 0 unspecified atom stereocenters. The summed E-state index contributed by atoms with van der Waals surface area (Å²) >= 11 is 0. The summed E-state index contributed by atoms with van der Waals surface area (Å²) in [6, 6.07) is 8.83. The van der Waals surface area contributed by atoms with Crippen molar-refractivity contribution in [3.8, 4) is 0 Å². The number of hydrogen-bond donors (Lipinski definition) is 0. The van der Waals surface area contributed by atoms with E-state index >= 15 is 0 Å². The minimum absolute atomic E-state index is 0.0289. The molecule has 0 aromatic carbocycles. The molecule has 9 heteroatoms. The Balaban J connectivity index is 1.40. The molecule has 3 aliphatic rings. The quantitative estimate of drug-likeness (QED) is 0.613. The van der Waals surface area contributed by atoms with Crippen LogP contribution >= 0.6 is 0 Å². The lowest BCUT2D eigenvalue weighted by Crippen LogP contribution is -2.55. The number of piperidine rings is 1. The van der Waals surface area contributed by atoms with Gasteiger partial charge in [-0.15, -0.1) is 5.10 Å². The molecule has 3 atom stereocenters. The van der Waals surface area contributed by atoms with Gasteiger partial charge >= 0.3 is 0 Å². The van der Waals surface area contributed by atoms with Gasteiger partial charge in [0, 0.05) is 62.2 Å². The van der Waals surface area contributed by atoms with E-state index in [1.165, 1.54) is 0 Å². The predicted molar refractivity (Wildman–Crippen MR) is 113 cm³/mol. The molecular weight excluding hydrogens is 396 g/mol. The van der Waals surface area contributed by atoms with E-state index in [1.54, 1.807) is 27.4 Å². The Hall–Kier alpha value is -3.20. The highest BCUT2D eigenvalue weighted by molar-refractivity contribution is 5.81. The Bertz CT molecular complexity index is 1200. The maximum atomic E-state index is 13.6. The van der Waals surface area contributed by atoms with Crippen molar-refractivity contribution >= 4 is 17.4 Å². The van der Waals surface area contributed by atoms with Crippen LogP contribution < -0.4 is 10.5 Å². The Kier molecular flexibility index (Phi) is 4.31. The van der Waals surface area contributed by atoms with E-state index in [2.05, 4.69) is 9.88 Å². The number of hydrogen-bond acceptors (Lipinski definition) is 6. The predicted octanol–water partition coefficient (Wildman–Crippen LogP) is 0.915. The number of carbonyl (C=O) groups excluding carboxylic acids is 1. The molecule has 6 heterocycles. The van der Waals surface area contributed by atoms with E-state index in [-0.39, 0.29) is 23.3 Å². The number of morpholine rings is 1. The van der Waals surface area contributed by atoms with Crippen molar-refractivity contribution in [3.05, 3.63) is 58.8 Å². The van der Waals surface area contributed by atoms with Crippen LogP contribution in [-0.4, -0.2) is 69.4 Å². The van der Waals surface area contributed by atoms with E-state index in [9.17, 15) is 9.59 Å². The minimum Gasteiger partial charge on any atom is -0.378 e. The fourth-order valence-corrected chi connectivity index (χ4v) is 5.38. The molecule has 0 spiro atoms. The number of anilines is 1. The first-order valence-corrected chi connectivity index (χ1v) is 10.8. The molecule has 0 N–H and O–H groups in total. The highest BCUT2D eigenvalue weighted by Crippen LogP contribution is 2.42. The van der Waals surface area contributed by atoms with Gasteiger partial charge in [0.25, 0.3) is 5.56 Å². The first kappa shape index (κ1) is 18.6. The van der Waals surface area contributed by atoms with Crippen LogP contribution in [0.25, 0.3) is 5.65 Å². The molecule has 2 saturated heterocycles. The summed E-state index contributed by atoms with van der Waals surface area (Å²) in [6.45, 7) is 3.69. The molecule has 3 aromatic heterocycles. The van der Waals surface area contributed by atoms with E-state index < -0.39 is 6.04 Å². The highest BCUT2D eigenvalue weighted by atomic mass is 16.5. The third-order valence-corrected chi connectivity index (χ3v) is 6.79. The van der Waals surface area contributed by atoms with Gasteiger partial charge in [-0.1, -0.05) is 6.07 Å². The monoisotopic (exact) mass is 420 g/mol. The van der Waals surface area contributed by atoms with Crippen LogP contribution in [0.1, 0.15) is 24.1 Å². The van der Waals surface area contributed by atoms with Gasteiger partial charge in [-0.25, -0.2) is 9.50 Å². The van der Waals surface area contributed by atoms with E-state index in [0.717, 1.165) is 30.1 Å². The zero-order valence-electron chi connectivity index (χ0n) is 17.1. The van der Waals surface area contributed by atoms with Gasteiger partial charge in [0.1, 0.15) is 11.9 Å². The van der Waals surface area contributed by atoms with Crippen molar-refractivity contribution in [2.24, 2.45) is 5.92 Å². The maximum absolute atomic E-state index is 13.6. The van der Waals surface area contributed by atoms with Crippen LogP contribution in [-0.2, 0) is 9.53 Å². The van der Waals surface area contributed by atoms with Crippen LogP contribution in [0.5, 0.6) is 0 Å². The second-order valence-corrected chi connectivity index (χ2v) is 8.56. The van der Waals surface area contributed by atoms with Gasteiger partial charge in [-0.05, 0) is 24.6 Å². The molecule has 0 saturated carbocycles. The number of amides is 1. The van der Waals surface area contributed by atoms with E-state index in [4.69, 9.17) is 9.84 Å².